The van der Waals surface area contributed by atoms with Gasteiger partial charge in [-0.2, -0.15) is 0 Å². The van der Waals surface area contributed by atoms with Gasteiger partial charge in [-0.3, -0.25) is 10.1 Å². The van der Waals surface area contributed by atoms with Crippen LogP contribution in [-0.2, 0) is 6.42 Å². The van der Waals surface area contributed by atoms with Crippen LogP contribution in [0.5, 0.6) is 0 Å². The Morgan fingerprint density at radius 1 is 1.26 bits per heavy atom. The molecule has 0 aliphatic carbocycles. The Bertz CT molecular complexity index is 740. The lowest BCUT2D eigenvalue weighted by atomic mass is 10.1. The van der Waals surface area contributed by atoms with E-state index in [0.29, 0.717) is 18.7 Å². The number of urea groups is 1. The zero-order valence-corrected chi connectivity index (χ0v) is 14.2. The molecule has 0 heterocycles. The third kappa shape index (κ3) is 5.22. The van der Waals surface area contributed by atoms with Crippen LogP contribution in [0.2, 0.25) is 5.02 Å². The number of hydrogen-bond donors (Lipinski definition) is 2. The summed E-state index contributed by atoms with van der Waals surface area (Å²) in [4.78, 5) is 22.0. The highest BCUT2D eigenvalue weighted by atomic mass is 79.9. The van der Waals surface area contributed by atoms with E-state index < -0.39 is 11.0 Å². The van der Waals surface area contributed by atoms with Crippen LogP contribution in [0.1, 0.15) is 5.56 Å². The van der Waals surface area contributed by atoms with Crippen LogP contribution in [0.15, 0.2) is 46.9 Å². The van der Waals surface area contributed by atoms with Crippen LogP contribution in [0, 0.1) is 10.1 Å². The summed E-state index contributed by atoms with van der Waals surface area (Å²) in [6.45, 7) is 0.442. The van der Waals surface area contributed by atoms with Gasteiger partial charge in [-0.15, -0.1) is 0 Å². The van der Waals surface area contributed by atoms with Crippen molar-refractivity contribution in [1.29, 1.82) is 0 Å². The summed E-state index contributed by atoms with van der Waals surface area (Å²) in [5.41, 5.74) is 1.14. The molecule has 0 radical (unpaired) electrons. The molecule has 6 nitrogen and oxygen atoms in total. The van der Waals surface area contributed by atoms with Gasteiger partial charge < -0.3 is 10.6 Å². The van der Waals surface area contributed by atoms with E-state index in [0.717, 1.165) is 10.0 Å². The first-order valence-corrected chi connectivity index (χ1v) is 7.86. The maximum Gasteiger partial charge on any atom is 0.319 e. The summed E-state index contributed by atoms with van der Waals surface area (Å²) in [7, 11) is 0. The van der Waals surface area contributed by atoms with Crippen LogP contribution in [0.3, 0.4) is 0 Å². The Morgan fingerprint density at radius 3 is 2.74 bits per heavy atom. The van der Waals surface area contributed by atoms with Gasteiger partial charge in [-0.1, -0.05) is 39.7 Å². The fourth-order valence-electron chi connectivity index (χ4n) is 1.92. The molecule has 0 saturated carbocycles. The third-order valence-corrected chi connectivity index (χ3v) is 3.80. The number of carbonyl (C=O) groups excluding carboxylic acids is 1. The van der Waals surface area contributed by atoms with E-state index >= 15 is 0 Å². The highest BCUT2D eigenvalue weighted by molar-refractivity contribution is 9.10. The molecule has 2 N–H and O–H groups in total. The summed E-state index contributed by atoms with van der Waals surface area (Å²) in [6, 6.07) is 11.4. The monoisotopic (exact) mass is 397 g/mol. The number of rotatable bonds is 5. The van der Waals surface area contributed by atoms with Crippen LogP contribution in [0.25, 0.3) is 0 Å². The summed E-state index contributed by atoms with van der Waals surface area (Å²) in [5.74, 6) is 0. The van der Waals surface area contributed by atoms with Crippen molar-refractivity contribution in [3.05, 3.63) is 67.6 Å². The number of halogens is 2. The number of nitrogens with one attached hydrogen (secondary N) is 2. The van der Waals surface area contributed by atoms with Crippen molar-refractivity contribution in [3.63, 3.8) is 0 Å². The topological polar surface area (TPSA) is 84.3 Å². The maximum atomic E-state index is 11.8. The predicted octanol–water partition coefficient (Wildman–Crippen LogP) is 4.37. The molecule has 120 valence electrons. The minimum Gasteiger partial charge on any atom is -0.338 e. The van der Waals surface area contributed by atoms with Crippen molar-refractivity contribution in [3.8, 4) is 0 Å². The second kappa shape index (κ2) is 7.94. The summed E-state index contributed by atoms with van der Waals surface area (Å²) in [5, 5.41) is 16.1. The molecular formula is C15H13BrClN3O3. The molecule has 2 aromatic rings. The summed E-state index contributed by atoms with van der Waals surface area (Å²) in [6.07, 6.45) is 0.674. The van der Waals surface area contributed by atoms with Gasteiger partial charge in [0.15, 0.2) is 0 Å². The molecule has 0 unspecified atom stereocenters. The molecule has 0 aromatic heterocycles. The quantitative estimate of drug-likeness (QED) is 0.579. The fourth-order valence-corrected chi connectivity index (χ4v) is 2.55. The molecule has 2 amide bonds. The molecule has 0 saturated heterocycles. The lowest BCUT2D eigenvalue weighted by Gasteiger charge is -2.08. The van der Waals surface area contributed by atoms with Crippen LogP contribution in [-0.4, -0.2) is 17.5 Å². The second-order valence-electron chi connectivity index (χ2n) is 4.68. The highest BCUT2D eigenvalue weighted by Crippen LogP contribution is 2.27. The number of amides is 2. The lowest BCUT2D eigenvalue weighted by Crippen LogP contribution is -2.30. The van der Waals surface area contributed by atoms with Crippen molar-refractivity contribution in [2.45, 2.75) is 6.42 Å². The first-order valence-electron chi connectivity index (χ1n) is 6.69. The van der Waals surface area contributed by atoms with Crippen molar-refractivity contribution >= 4 is 44.9 Å². The normalized spacial score (nSPS) is 10.2. The smallest absolute Gasteiger partial charge is 0.319 e. The van der Waals surface area contributed by atoms with Gasteiger partial charge in [-0.25, -0.2) is 4.79 Å². The number of anilines is 1. The van der Waals surface area contributed by atoms with Crippen molar-refractivity contribution < 1.29 is 9.72 Å². The van der Waals surface area contributed by atoms with Crippen LogP contribution < -0.4 is 10.6 Å². The number of nitro benzene ring substituents is 1. The Hall–Kier alpha value is -2.12. The first kappa shape index (κ1) is 17.2. The second-order valence-corrected chi connectivity index (χ2v) is 6.01. The molecule has 0 atom stereocenters. The zero-order valence-electron chi connectivity index (χ0n) is 11.9. The van der Waals surface area contributed by atoms with Crippen molar-refractivity contribution in [2.75, 3.05) is 11.9 Å². The van der Waals surface area contributed by atoms with E-state index in [4.69, 9.17) is 11.6 Å². The van der Waals surface area contributed by atoms with E-state index in [9.17, 15) is 14.9 Å². The van der Waals surface area contributed by atoms with Crippen molar-refractivity contribution in [1.82, 2.24) is 5.32 Å². The molecule has 0 bridgehead atoms. The summed E-state index contributed by atoms with van der Waals surface area (Å²) < 4.78 is 0.980. The van der Waals surface area contributed by atoms with E-state index in [1.807, 2.05) is 24.3 Å². The molecule has 0 spiro atoms. The van der Waals surface area contributed by atoms with Gasteiger partial charge in [0.05, 0.1) is 4.92 Å². The van der Waals surface area contributed by atoms with Gasteiger partial charge >= 0.3 is 6.03 Å². The third-order valence-electron chi connectivity index (χ3n) is 2.99. The Labute approximate surface area is 146 Å². The van der Waals surface area contributed by atoms with E-state index in [1.54, 1.807) is 0 Å². The average molecular weight is 399 g/mol. The molecular weight excluding hydrogens is 386 g/mol. The van der Waals surface area contributed by atoms with Gasteiger partial charge in [0, 0.05) is 22.8 Å². The highest BCUT2D eigenvalue weighted by Gasteiger charge is 2.13. The van der Waals surface area contributed by atoms with Gasteiger partial charge in [0.1, 0.15) is 5.02 Å². The largest absolute Gasteiger partial charge is 0.338 e. The number of hydrogen-bond acceptors (Lipinski definition) is 3. The standard InChI is InChI=1S/C15H13BrClN3O3/c16-11-3-1-2-10(8-11)6-7-18-15(21)19-12-4-5-13(17)14(9-12)20(22)23/h1-5,8-9H,6-7H2,(H2,18,19,21). The minimum absolute atomic E-state index is 0.0237. The van der Waals surface area contributed by atoms with Gasteiger partial charge in [-0.05, 0) is 36.2 Å². The van der Waals surface area contributed by atoms with Gasteiger partial charge in [0.25, 0.3) is 5.69 Å². The maximum absolute atomic E-state index is 11.8. The predicted molar refractivity (Wildman–Crippen MR) is 93.0 cm³/mol. The fraction of sp³-hybridized carbons (Fsp3) is 0.133. The Balaban J connectivity index is 1.87. The van der Waals surface area contributed by atoms with E-state index in [1.165, 1.54) is 18.2 Å². The molecule has 0 aliphatic rings. The first-order chi connectivity index (χ1) is 11.0. The zero-order chi connectivity index (χ0) is 16.8. The SMILES string of the molecule is O=C(NCCc1cccc(Br)c1)Nc1ccc(Cl)c([N+](=O)[O-])c1. The number of carbonyl (C=O) groups is 1. The van der Waals surface area contributed by atoms with Crippen LogP contribution >= 0.6 is 27.5 Å². The average Bonchev–Trinajstić information content (AvgIpc) is 2.49. The Kier molecular flexibility index (Phi) is 5.95. The minimum atomic E-state index is -0.599. The number of nitro groups is 1. The van der Waals surface area contributed by atoms with E-state index in [2.05, 4.69) is 26.6 Å². The van der Waals surface area contributed by atoms with Gasteiger partial charge in [0.2, 0.25) is 0 Å². The van der Waals surface area contributed by atoms with E-state index in [-0.39, 0.29) is 10.7 Å². The molecule has 0 aliphatic heterocycles. The van der Waals surface area contributed by atoms with Crippen molar-refractivity contribution in [2.24, 2.45) is 0 Å². The Morgan fingerprint density at radius 2 is 2.04 bits per heavy atom. The molecule has 2 aromatic carbocycles. The number of nitrogens with zero attached hydrogens (tertiary/aromatic N) is 1. The summed E-state index contributed by atoms with van der Waals surface area (Å²) >= 11 is 9.10. The molecule has 23 heavy (non-hydrogen) atoms. The number of benzene rings is 2. The molecule has 0 fully saturated rings. The molecule has 8 heteroatoms. The van der Waals surface area contributed by atoms with Crippen LogP contribution in [0.4, 0.5) is 16.2 Å². The molecule has 2 rings (SSSR count). The lowest BCUT2D eigenvalue weighted by molar-refractivity contribution is -0.384.